The van der Waals surface area contributed by atoms with Gasteiger partial charge in [0.2, 0.25) is 0 Å². The van der Waals surface area contributed by atoms with Crippen molar-refractivity contribution in [2.75, 3.05) is 94.1 Å². The van der Waals surface area contributed by atoms with Gasteiger partial charge in [0.1, 0.15) is 0 Å². The lowest BCUT2D eigenvalue weighted by molar-refractivity contribution is -0.914. The zero-order chi connectivity index (χ0) is 19.1. The predicted molar refractivity (Wildman–Crippen MR) is 114 cm³/mol. The molecule has 0 aromatic heterocycles. The van der Waals surface area contributed by atoms with Crippen LogP contribution in [-0.2, 0) is 18.7 Å². The fraction of sp³-hybridized carbons (Fsp3) is 1.00. The van der Waals surface area contributed by atoms with Gasteiger partial charge in [-0.3, -0.25) is 0 Å². The zero-order valence-electron chi connectivity index (χ0n) is 17.3. The van der Waals surface area contributed by atoms with E-state index in [0.717, 1.165) is 32.2 Å². The van der Waals surface area contributed by atoms with Crippen LogP contribution >= 0.6 is 10.8 Å². The molecular formula is C17H42N3OS3+3. The quantitative estimate of drug-likeness (QED) is 0.268. The Bertz CT molecular complexity index is 454. The fourth-order valence-corrected chi connectivity index (χ4v) is 5.25. The molecule has 1 atom stereocenters. The first kappa shape index (κ1) is 24.6. The molecule has 0 amide bonds. The van der Waals surface area contributed by atoms with Crippen LogP contribution in [0.4, 0.5) is 0 Å². The standard InChI is InChI=1S/C17H42N3OS3/c1-18(2,3)12-9-13-19(4,5)14-10-15-20(6,7)16-11-17-23-24(8,21)22/h9-17H2,1-8H3/q+3. The highest BCUT2D eigenvalue weighted by Crippen LogP contribution is 2.13. The van der Waals surface area contributed by atoms with E-state index in [-0.39, 0.29) is 0 Å². The van der Waals surface area contributed by atoms with Gasteiger partial charge in [0.25, 0.3) is 0 Å². The number of hydrogen-bond donors (Lipinski definition) is 0. The van der Waals surface area contributed by atoms with Gasteiger partial charge in [-0.2, -0.15) is 0 Å². The molecule has 146 valence electrons. The molecule has 4 nitrogen and oxygen atoms in total. The Labute approximate surface area is 160 Å². The van der Waals surface area contributed by atoms with E-state index in [9.17, 15) is 4.21 Å². The third-order valence-corrected chi connectivity index (χ3v) is 7.86. The minimum absolute atomic E-state index is 0.910. The molecule has 0 saturated heterocycles. The third kappa shape index (κ3) is 16.1. The van der Waals surface area contributed by atoms with Crippen LogP contribution in [0.15, 0.2) is 0 Å². The van der Waals surface area contributed by atoms with Crippen LogP contribution < -0.4 is 0 Å². The first-order chi connectivity index (χ1) is 10.6. The predicted octanol–water partition coefficient (Wildman–Crippen LogP) is 2.04. The number of nitrogens with zero attached hydrogens (tertiary/aromatic N) is 3. The van der Waals surface area contributed by atoms with E-state index in [4.69, 9.17) is 11.2 Å². The second-order valence-corrected chi connectivity index (χ2v) is 16.6. The molecule has 0 N–H and O–H groups in total. The van der Waals surface area contributed by atoms with Crippen molar-refractivity contribution in [2.24, 2.45) is 0 Å². The first-order valence-corrected chi connectivity index (χ1v) is 13.3. The average Bonchev–Trinajstić information content (AvgIpc) is 2.31. The highest BCUT2D eigenvalue weighted by atomic mass is 33.3. The minimum atomic E-state index is -2.06. The Morgan fingerprint density at radius 2 is 1.12 bits per heavy atom. The van der Waals surface area contributed by atoms with E-state index >= 15 is 0 Å². The Morgan fingerprint density at radius 3 is 1.50 bits per heavy atom. The van der Waals surface area contributed by atoms with Crippen molar-refractivity contribution in [3.05, 3.63) is 0 Å². The highest BCUT2D eigenvalue weighted by Gasteiger charge is 2.20. The molecule has 0 bridgehead atoms. The lowest BCUT2D eigenvalue weighted by atomic mass is 10.2. The van der Waals surface area contributed by atoms with Gasteiger partial charge in [-0.15, -0.1) is 0 Å². The highest BCUT2D eigenvalue weighted by molar-refractivity contribution is 8.85. The molecule has 0 saturated carbocycles. The van der Waals surface area contributed by atoms with Gasteiger partial charge in [-0.05, 0) is 11.2 Å². The number of quaternary nitrogens is 3. The Kier molecular flexibility index (Phi) is 10.3. The van der Waals surface area contributed by atoms with Crippen LogP contribution in [0, 0.1) is 0 Å². The first-order valence-electron chi connectivity index (χ1n) is 8.91. The molecule has 24 heavy (non-hydrogen) atoms. The summed E-state index contributed by atoms with van der Waals surface area (Å²) in [6.07, 6.45) is 5.28. The molecule has 0 aliphatic carbocycles. The van der Waals surface area contributed by atoms with Gasteiger partial charge < -0.3 is 13.4 Å². The van der Waals surface area contributed by atoms with Crippen molar-refractivity contribution >= 4 is 29.5 Å². The molecule has 0 aliphatic rings. The number of rotatable bonds is 13. The van der Waals surface area contributed by atoms with Gasteiger partial charge in [0.15, 0.2) is 0 Å². The van der Waals surface area contributed by atoms with Crippen molar-refractivity contribution in [3.63, 3.8) is 0 Å². The lowest BCUT2D eigenvalue weighted by Crippen LogP contribution is -2.47. The van der Waals surface area contributed by atoms with Crippen LogP contribution in [0.2, 0.25) is 0 Å². The molecular weight excluding hydrogens is 358 g/mol. The van der Waals surface area contributed by atoms with Crippen LogP contribution in [0.3, 0.4) is 0 Å². The van der Waals surface area contributed by atoms with E-state index in [2.05, 4.69) is 49.3 Å². The van der Waals surface area contributed by atoms with E-state index in [1.165, 1.54) is 49.8 Å². The van der Waals surface area contributed by atoms with Crippen LogP contribution in [-0.4, -0.2) is 112 Å². The molecule has 0 heterocycles. The van der Waals surface area contributed by atoms with Crippen LogP contribution in [0.1, 0.15) is 19.3 Å². The van der Waals surface area contributed by atoms with Gasteiger partial charge in [-0.1, -0.05) is 10.8 Å². The summed E-state index contributed by atoms with van der Waals surface area (Å²) in [6, 6.07) is 0. The Balaban J connectivity index is 4.00. The zero-order valence-corrected chi connectivity index (χ0v) is 19.8. The largest absolute Gasteiger partial charge is 0.331 e. The molecule has 7 heteroatoms. The second-order valence-electron chi connectivity index (χ2n) is 9.37. The van der Waals surface area contributed by atoms with E-state index in [0.29, 0.717) is 0 Å². The molecule has 0 aromatic rings. The van der Waals surface area contributed by atoms with Gasteiger partial charge in [-0.25, -0.2) is 4.21 Å². The van der Waals surface area contributed by atoms with Crippen LogP contribution in [0.5, 0.6) is 0 Å². The monoisotopic (exact) mass is 400 g/mol. The van der Waals surface area contributed by atoms with Gasteiger partial charge in [0.05, 0.1) is 89.6 Å². The van der Waals surface area contributed by atoms with E-state index in [1.807, 2.05) is 0 Å². The molecule has 0 aliphatic heterocycles. The summed E-state index contributed by atoms with van der Waals surface area (Å²) in [5.74, 6) is 0.910. The molecule has 1 unspecified atom stereocenters. The van der Waals surface area contributed by atoms with Gasteiger partial charge >= 0.3 is 0 Å². The molecule has 0 aromatic carbocycles. The summed E-state index contributed by atoms with van der Waals surface area (Å²) in [5.41, 5.74) is 0. The maximum Gasteiger partial charge on any atom is 0.0836 e. The summed E-state index contributed by atoms with van der Waals surface area (Å²) in [7, 11) is 15.5. The van der Waals surface area contributed by atoms with Crippen molar-refractivity contribution in [1.82, 2.24) is 0 Å². The fourth-order valence-electron chi connectivity index (χ4n) is 2.83. The van der Waals surface area contributed by atoms with Crippen molar-refractivity contribution < 1.29 is 17.7 Å². The van der Waals surface area contributed by atoms with E-state index < -0.39 is 7.52 Å². The Morgan fingerprint density at radius 1 is 0.750 bits per heavy atom. The summed E-state index contributed by atoms with van der Waals surface area (Å²) >= 11 is 4.94. The normalized spacial score (nSPS) is 16.2. The van der Waals surface area contributed by atoms with Crippen molar-refractivity contribution in [2.45, 2.75) is 19.3 Å². The summed E-state index contributed by atoms with van der Waals surface area (Å²) < 4.78 is 14.7. The molecule has 0 rings (SSSR count). The topological polar surface area (TPSA) is 17.1 Å². The number of hydrogen-bond acceptors (Lipinski definition) is 3. The van der Waals surface area contributed by atoms with Crippen molar-refractivity contribution in [3.8, 4) is 0 Å². The van der Waals surface area contributed by atoms with E-state index in [1.54, 1.807) is 6.26 Å². The Hall–Kier alpha value is 0.600. The maximum absolute atomic E-state index is 11.5. The second kappa shape index (κ2) is 10.1. The SMILES string of the molecule is C[N+](C)(C)CCC[N+](C)(C)CCC[N+](C)(C)CCCSS(C)(=O)=S. The lowest BCUT2D eigenvalue weighted by Gasteiger charge is -2.34. The molecule has 0 fully saturated rings. The average molecular weight is 401 g/mol. The summed E-state index contributed by atoms with van der Waals surface area (Å²) in [5, 5.41) is 0. The smallest absolute Gasteiger partial charge is 0.0836 e. The van der Waals surface area contributed by atoms with Gasteiger partial charge in [0, 0.05) is 31.3 Å². The maximum atomic E-state index is 11.5. The molecule has 0 radical (unpaired) electrons. The third-order valence-electron chi connectivity index (χ3n) is 4.32. The minimum Gasteiger partial charge on any atom is -0.331 e. The molecule has 0 spiro atoms. The summed E-state index contributed by atoms with van der Waals surface area (Å²) in [4.78, 5) is 0. The van der Waals surface area contributed by atoms with Crippen LogP contribution in [0.25, 0.3) is 0 Å². The summed E-state index contributed by atoms with van der Waals surface area (Å²) in [6.45, 7) is 6.07. The van der Waals surface area contributed by atoms with Crippen molar-refractivity contribution in [1.29, 1.82) is 0 Å².